The van der Waals surface area contributed by atoms with Gasteiger partial charge in [0.15, 0.2) is 9.84 Å². The van der Waals surface area contributed by atoms with Gasteiger partial charge in [-0.05, 0) is 31.5 Å². The van der Waals surface area contributed by atoms with Gasteiger partial charge < -0.3 is 4.74 Å². The van der Waals surface area contributed by atoms with Crippen molar-refractivity contribution in [2.45, 2.75) is 38.0 Å². The van der Waals surface area contributed by atoms with Crippen LogP contribution in [0.1, 0.15) is 19.4 Å². The Hall–Kier alpha value is -1.28. The summed E-state index contributed by atoms with van der Waals surface area (Å²) in [5.41, 5.74) is 0.653. The molecule has 1 heterocycles. The summed E-state index contributed by atoms with van der Waals surface area (Å²) in [6.07, 6.45) is -4.72. The molecule has 8 heteroatoms. The zero-order valence-corrected chi connectivity index (χ0v) is 13.1. The summed E-state index contributed by atoms with van der Waals surface area (Å²) in [5, 5.41) is -0.490. The minimum atomic E-state index is -4.72. The maximum atomic E-state index is 12.2. The molecule has 0 spiro atoms. The average Bonchev–Trinajstić information content (AvgIpc) is 2.39. The molecule has 1 aliphatic heterocycles. The van der Waals surface area contributed by atoms with E-state index < -0.39 is 21.4 Å². The fourth-order valence-corrected chi connectivity index (χ4v) is 4.16. The Bertz CT molecular complexity index is 630. The van der Waals surface area contributed by atoms with Gasteiger partial charge in [-0.3, -0.25) is 4.90 Å². The second-order valence-electron chi connectivity index (χ2n) is 5.48. The van der Waals surface area contributed by atoms with Crippen LogP contribution in [-0.4, -0.2) is 43.3 Å². The van der Waals surface area contributed by atoms with Crippen LogP contribution in [0, 0.1) is 0 Å². The lowest BCUT2D eigenvalue weighted by molar-refractivity contribution is -0.274. The van der Waals surface area contributed by atoms with Crippen molar-refractivity contribution < 1.29 is 26.3 Å². The zero-order chi connectivity index (χ0) is 16.5. The van der Waals surface area contributed by atoms with Crippen molar-refractivity contribution in [1.29, 1.82) is 0 Å². The summed E-state index contributed by atoms with van der Waals surface area (Å²) >= 11 is 0. The van der Waals surface area contributed by atoms with E-state index in [1.165, 1.54) is 18.2 Å². The molecule has 0 aromatic heterocycles. The van der Waals surface area contributed by atoms with Crippen LogP contribution in [-0.2, 0) is 16.4 Å². The van der Waals surface area contributed by atoms with Crippen molar-refractivity contribution >= 4 is 9.84 Å². The molecule has 0 aliphatic carbocycles. The minimum Gasteiger partial charge on any atom is -0.406 e. The Morgan fingerprint density at radius 2 is 2.00 bits per heavy atom. The van der Waals surface area contributed by atoms with Crippen LogP contribution in [0.25, 0.3) is 0 Å². The fraction of sp³-hybridized carbons (Fsp3) is 0.571. The molecule has 0 unspecified atom stereocenters. The smallest absolute Gasteiger partial charge is 0.406 e. The van der Waals surface area contributed by atoms with Gasteiger partial charge in [-0.2, -0.15) is 0 Å². The van der Waals surface area contributed by atoms with Crippen molar-refractivity contribution in [3.63, 3.8) is 0 Å². The summed E-state index contributed by atoms with van der Waals surface area (Å²) in [6.45, 7) is 4.24. The number of halogens is 3. The summed E-state index contributed by atoms with van der Waals surface area (Å²) in [6, 6.07) is 5.57. The topological polar surface area (TPSA) is 46.6 Å². The van der Waals surface area contributed by atoms with Gasteiger partial charge in [-0.15, -0.1) is 13.2 Å². The van der Waals surface area contributed by atoms with Crippen LogP contribution in [0.4, 0.5) is 13.2 Å². The Kier molecular flexibility index (Phi) is 4.72. The van der Waals surface area contributed by atoms with Gasteiger partial charge in [0.1, 0.15) is 5.75 Å². The van der Waals surface area contributed by atoms with Gasteiger partial charge in [-0.25, -0.2) is 8.42 Å². The van der Waals surface area contributed by atoms with E-state index in [-0.39, 0.29) is 17.5 Å². The number of sulfone groups is 1. The second-order valence-corrected chi connectivity index (χ2v) is 7.96. The van der Waals surface area contributed by atoms with E-state index in [1.807, 2.05) is 11.8 Å². The third kappa shape index (κ3) is 4.13. The van der Waals surface area contributed by atoms with Crippen molar-refractivity contribution in [3.8, 4) is 5.75 Å². The monoisotopic (exact) mass is 337 g/mol. The van der Waals surface area contributed by atoms with Gasteiger partial charge in [0, 0.05) is 19.1 Å². The van der Waals surface area contributed by atoms with Crippen LogP contribution in [0.15, 0.2) is 24.3 Å². The van der Waals surface area contributed by atoms with Crippen LogP contribution < -0.4 is 4.74 Å². The Morgan fingerprint density at radius 1 is 1.32 bits per heavy atom. The molecule has 1 aromatic rings. The number of hydrogen-bond donors (Lipinski definition) is 0. The SMILES string of the molecule is C[C@@H]1[C@H](C)N(Cc2cccc(OC(F)(F)F)c2)CCS1(=O)=O. The fourth-order valence-electron chi connectivity index (χ4n) is 2.53. The normalized spacial score (nSPS) is 25.9. The lowest BCUT2D eigenvalue weighted by Gasteiger charge is -2.37. The molecule has 2 rings (SSSR count). The number of alkyl halides is 3. The van der Waals surface area contributed by atoms with Crippen molar-refractivity contribution in [2.24, 2.45) is 0 Å². The first-order valence-corrected chi connectivity index (χ1v) is 8.60. The molecule has 4 nitrogen and oxygen atoms in total. The summed E-state index contributed by atoms with van der Waals surface area (Å²) in [7, 11) is -3.08. The van der Waals surface area contributed by atoms with Crippen LogP contribution in [0.5, 0.6) is 5.75 Å². The number of benzene rings is 1. The van der Waals surface area contributed by atoms with Crippen molar-refractivity contribution in [1.82, 2.24) is 4.90 Å². The molecule has 0 radical (unpaired) electrons. The molecule has 1 saturated heterocycles. The molecule has 0 saturated carbocycles. The molecule has 1 aromatic carbocycles. The largest absolute Gasteiger partial charge is 0.573 e. The molecular formula is C14H18F3NO3S. The Morgan fingerprint density at radius 3 is 2.64 bits per heavy atom. The molecule has 0 amide bonds. The van der Waals surface area contributed by atoms with Crippen LogP contribution in [0.2, 0.25) is 0 Å². The highest BCUT2D eigenvalue weighted by atomic mass is 32.2. The first-order valence-electron chi connectivity index (χ1n) is 6.89. The molecule has 1 aliphatic rings. The van der Waals surface area contributed by atoms with Gasteiger partial charge in [0.05, 0.1) is 11.0 Å². The molecule has 22 heavy (non-hydrogen) atoms. The maximum Gasteiger partial charge on any atom is 0.573 e. The maximum absolute atomic E-state index is 12.2. The van der Waals surface area contributed by atoms with Crippen LogP contribution >= 0.6 is 0 Å². The molecule has 0 bridgehead atoms. The van der Waals surface area contributed by atoms with E-state index >= 15 is 0 Å². The van der Waals surface area contributed by atoms with Gasteiger partial charge in [0.2, 0.25) is 0 Å². The van der Waals surface area contributed by atoms with Crippen molar-refractivity contribution in [3.05, 3.63) is 29.8 Å². The Balaban J connectivity index is 2.10. The third-order valence-corrected chi connectivity index (χ3v) is 6.28. The van der Waals surface area contributed by atoms with E-state index in [0.29, 0.717) is 18.7 Å². The molecule has 2 atom stereocenters. The molecule has 1 fully saturated rings. The highest BCUT2D eigenvalue weighted by Crippen LogP contribution is 2.25. The predicted molar refractivity (Wildman–Crippen MR) is 76.2 cm³/mol. The van der Waals surface area contributed by atoms with E-state index in [0.717, 1.165) is 0 Å². The summed E-state index contributed by atoms with van der Waals surface area (Å²) in [5.74, 6) is -0.201. The predicted octanol–water partition coefficient (Wildman–Crippen LogP) is 2.59. The average molecular weight is 337 g/mol. The van der Waals surface area contributed by atoms with E-state index in [2.05, 4.69) is 4.74 Å². The van der Waals surface area contributed by atoms with Gasteiger partial charge >= 0.3 is 6.36 Å². The minimum absolute atomic E-state index is 0.0667. The zero-order valence-electron chi connectivity index (χ0n) is 12.3. The number of hydrogen-bond acceptors (Lipinski definition) is 4. The quantitative estimate of drug-likeness (QED) is 0.851. The molecule has 124 valence electrons. The van der Waals surface area contributed by atoms with Crippen molar-refractivity contribution in [2.75, 3.05) is 12.3 Å². The number of rotatable bonds is 3. The highest BCUT2D eigenvalue weighted by Gasteiger charge is 2.35. The lowest BCUT2D eigenvalue weighted by atomic mass is 10.1. The first-order chi connectivity index (χ1) is 10.1. The summed E-state index contributed by atoms with van der Waals surface area (Å²) in [4.78, 5) is 1.96. The number of nitrogens with zero attached hydrogens (tertiary/aromatic N) is 1. The second kappa shape index (κ2) is 6.08. The van der Waals surface area contributed by atoms with E-state index in [9.17, 15) is 21.6 Å². The van der Waals surface area contributed by atoms with Crippen LogP contribution in [0.3, 0.4) is 0 Å². The standard InChI is InChI=1S/C14H18F3NO3S/c1-10-11(2)22(19,20)7-6-18(10)9-12-4-3-5-13(8-12)21-14(15,16)17/h3-5,8,10-11H,6-7,9H2,1-2H3/t10-,11+/m0/s1. The van der Waals surface area contributed by atoms with Gasteiger partial charge in [-0.1, -0.05) is 12.1 Å². The van der Waals surface area contributed by atoms with E-state index in [1.54, 1.807) is 13.0 Å². The first kappa shape index (κ1) is 17.1. The Labute approximate surface area is 127 Å². The summed E-state index contributed by atoms with van der Waals surface area (Å²) < 4.78 is 64.2. The third-order valence-electron chi connectivity index (χ3n) is 4.00. The molecule has 0 N–H and O–H groups in total. The number of ether oxygens (including phenoxy) is 1. The van der Waals surface area contributed by atoms with Gasteiger partial charge in [0.25, 0.3) is 0 Å². The lowest BCUT2D eigenvalue weighted by Crippen LogP contribution is -2.51. The molecular weight excluding hydrogens is 319 g/mol. The van der Waals surface area contributed by atoms with E-state index in [4.69, 9.17) is 0 Å². The highest BCUT2D eigenvalue weighted by molar-refractivity contribution is 7.92.